The lowest BCUT2D eigenvalue weighted by atomic mass is 9.97. The Balaban J connectivity index is 0.000000233. The van der Waals surface area contributed by atoms with Crippen LogP contribution >= 0.6 is 34.8 Å². The number of halogens is 6. The van der Waals surface area contributed by atoms with Crippen LogP contribution in [0.4, 0.5) is 23.9 Å². The fourth-order valence-corrected chi connectivity index (χ4v) is 6.84. The van der Waals surface area contributed by atoms with E-state index in [1.54, 1.807) is 36.5 Å². The zero-order valence-electron chi connectivity index (χ0n) is 36.3. The summed E-state index contributed by atoms with van der Waals surface area (Å²) in [6.07, 6.45) is -3.52. The average Bonchev–Trinajstić information content (AvgIpc) is 3.65. The van der Waals surface area contributed by atoms with Gasteiger partial charge in [-0.05, 0) is 56.3 Å². The third-order valence-electron chi connectivity index (χ3n) is 8.00. The number of carboxylic acid groups (broad SMARTS) is 2. The van der Waals surface area contributed by atoms with Crippen LogP contribution in [0.25, 0.3) is 16.6 Å². The van der Waals surface area contributed by atoms with Crippen molar-refractivity contribution in [3.63, 3.8) is 0 Å². The van der Waals surface area contributed by atoms with Gasteiger partial charge in [0.25, 0.3) is 10.0 Å². The quantitative estimate of drug-likeness (QED) is 0.0913. The molecule has 0 radical (unpaired) electrons. The number of benzene rings is 2. The van der Waals surface area contributed by atoms with Gasteiger partial charge in [-0.25, -0.2) is 28.9 Å². The minimum atomic E-state index is -5.14. The van der Waals surface area contributed by atoms with Gasteiger partial charge in [-0.3, -0.25) is 10.3 Å². The van der Waals surface area contributed by atoms with Crippen molar-refractivity contribution in [2.24, 2.45) is 0 Å². The van der Waals surface area contributed by atoms with E-state index in [1.807, 2.05) is 39.9 Å². The number of fused-ring (bicyclic) bond motifs is 1. The van der Waals surface area contributed by atoms with Crippen LogP contribution in [0, 0.1) is 0 Å². The standard InChI is InChI=1S/C15H18Cl2N2O3.C14H12F3N5O7S.C11H8ClNO3/c1-8(2)21-12-7-11(9(16)6-10(12)17)19-14(20)22-13(18-19)15(3,4)5;1-28-8-5-9(29-2)20-12(19-8)21-13(25)22-30(26,27)10-6(11(23)24)3-4-7(18-10)14(15,16)17;12-8-3-4-9(16-6-10(14)15)11-7(8)2-1-5-13-11/h6-8H,1-5H3;3-5H,1-2H3,(H,23,24)(H2,19,20,21,22,25);1-5H,6H2,(H,14,15). The number of ether oxygens (including phenoxy) is 4. The summed E-state index contributed by atoms with van der Waals surface area (Å²) in [7, 11) is -2.66. The van der Waals surface area contributed by atoms with Crippen molar-refractivity contribution in [1.82, 2.24) is 34.4 Å². The minimum absolute atomic E-state index is 0.0623. The monoisotopic (exact) mass is 1030 g/mol. The molecule has 4 N–H and O–H groups in total. The van der Waals surface area contributed by atoms with Gasteiger partial charge in [-0.1, -0.05) is 55.6 Å². The first-order valence-electron chi connectivity index (χ1n) is 18.9. The highest BCUT2D eigenvalue weighted by Gasteiger charge is 2.36. The number of anilines is 1. The number of alkyl halides is 3. The van der Waals surface area contributed by atoms with E-state index >= 15 is 0 Å². The molecule has 0 spiro atoms. The fourth-order valence-electron chi connectivity index (χ4n) is 5.06. The SMILES string of the molecule is CC(C)Oc1cc(-n2nc(C(C)(C)C)oc2=O)c(Cl)cc1Cl.COc1cc(OC)nc(NC(=O)NS(=O)(=O)c2nc(C(F)(F)F)ccc2C(=O)O)n1.O=C(O)COc1ccc(Cl)c2cccnc12. The number of aliphatic carboxylic acids is 1. The van der Waals surface area contributed by atoms with Gasteiger partial charge >= 0.3 is 29.9 Å². The number of methoxy groups -OCH3 is 2. The maximum Gasteiger partial charge on any atom is 0.442 e. The van der Waals surface area contributed by atoms with E-state index in [4.69, 9.17) is 68.4 Å². The molecule has 4 aromatic heterocycles. The average molecular weight is 1030 g/mol. The van der Waals surface area contributed by atoms with E-state index in [0.717, 1.165) is 10.1 Å². The normalized spacial score (nSPS) is 11.4. The number of aromatic carboxylic acids is 1. The number of nitrogens with one attached hydrogen (secondary N) is 2. The van der Waals surface area contributed by atoms with E-state index in [1.165, 1.54) is 31.1 Å². The number of urea groups is 1. The first-order valence-corrected chi connectivity index (χ1v) is 21.5. The van der Waals surface area contributed by atoms with Crippen molar-refractivity contribution >= 4 is 79.6 Å². The maximum absolute atomic E-state index is 12.8. The molecule has 4 heterocycles. The molecule has 21 nitrogen and oxygen atoms in total. The Morgan fingerprint density at radius 2 is 1.53 bits per heavy atom. The molecule has 0 saturated carbocycles. The fraction of sp³-hybridized carbons (Fsp3) is 0.275. The minimum Gasteiger partial charge on any atom is -0.489 e. The second-order valence-electron chi connectivity index (χ2n) is 14.6. The van der Waals surface area contributed by atoms with E-state index < -0.39 is 68.8 Å². The summed E-state index contributed by atoms with van der Waals surface area (Å²) < 4.78 is 91.2. The number of carbonyl (C=O) groups excluding carboxylic acids is 1. The highest BCUT2D eigenvalue weighted by Crippen LogP contribution is 2.34. The van der Waals surface area contributed by atoms with Crippen LogP contribution in [0.1, 0.15) is 56.6 Å². The molecule has 0 aliphatic rings. The largest absolute Gasteiger partial charge is 0.489 e. The van der Waals surface area contributed by atoms with Crippen molar-refractivity contribution in [2.75, 3.05) is 26.1 Å². The van der Waals surface area contributed by atoms with Crippen LogP contribution in [0.15, 0.2) is 75.0 Å². The number of pyridine rings is 2. The van der Waals surface area contributed by atoms with Crippen LogP contribution in [-0.2, 0) is 26.4 Å². The van der Waals surface area contributed by atoms with Crippen molar-refractivity contribution in [2.45, 2.75) is 57.3 Å². The highest BCUT2D eigenvalue weighted by atomic mass is 35.5. The maximum atomic E-state index is 12.8. The molecule has 0 saturated heterocycles. The molecule has 6 aromatic rings. The third-order valence-corrected chi connectivity index (χ3v) is 10.2. The molecule has 6 rings (SSSR count). The zero-order chi connectivity index (χ0) is 50.9. The Bertz CT molecular complexity index is 2980. The summed E-state index contributed by atoms with van der Waals surface area (Å²) in [6.45, 7) is 9.07. The Hall–Kier alpha value is -6.96. The van der Waals surface area contributed by atoms with Gasteiger partial charge in [0.05, 0.1) is 52.7 Å². The first kappa shape index (κ1) is 53.7. The first-order chi connectivity index (χ1) is 31.6. The smallest absolute Gasteiger partial charge is 0.442 e. The number of carbonyl (C=O) groups is 3. The van der Waals surface area contributed by atoms with Gasteiger partial charge < -0.3 is 33.6 Å². The summed E-state index contributed by atoms with van der Waals surface area (Å²) in [6, 6.07) is 10.4. The van der Waals surface area contributed by atoms with Crippen LogP contribution < -0.4 is 34.7 Å². The molecule has 364 valence electrons. The molecule has 2 aromatic carbocycles. The summed E-state index contributed by atoms with van der Waals surface area (Å²) in [5, 5.41) is 24.1. The van der Waals surface area contributed by atoms with Crippen LogP contribution in [-0.4, -0.2) is 93.2 Å². The van der Waals surface area contributed by atoms with Gasteiger partial charge in [0, 0.05) is 23.1 Å². The van der Waals surface area contributed by atoms with E-state index in [9.17, 15) is 40.8 Å². The molecule has 68 heavy (non-hydrogen) atoms. The summed E-state index contributed by atoms with van der Waals surface area (Å²) in [5.41, 5.74) is -2.21. The second-order valence-corrected chi connectivity index (χ2v) is 17.4. The number of amides is 2. The van der Waals surface area contributed by atoms with Gasteiger partial charge in [0.1, 0.15) is 22.7 Å². The molecule has 0 unspecified atom stereocenters. The molecule has 0 atom stereocenters. The van der Waals surface area contributed by atoms with Crippen molar-refractivity contribution in [3.8, 4) is 28.9 Å². The molecule has 0 aliphatic heterocycles. The summed E-state index contributed by atoms with van der Waals surface area (Å²) in [4.78, 5) is 60.0. The summed E-state index contributed by atoms with van der Waals surface area (Å²) >= 11 is 18.3. The molecule has 0 bridgehead atoms. The van der Waals surface area contributed by atoms with E-state index in [-0.39, 0.29) is 28.3 Å². The summed E-state index contributed by atoms with van der Waals surface area (Å²) in [5.74, 6) is -2.93. The van der Waals surface area contributed by atoms with Crippen LogP contribution in [0.5, 0.6) is 23.3 Å². The number of hydrogen-bond donors (Lipinski definition) is 4. The van der Waals surface area contributed by atoms with Crippen LogP contribution in [0.2, 0.25) is 15.1 Å². The molecular formula is C40H38Cl3F3N8O13S. The van der Waals surface area contributed by atoms with E-state index in [2.05, 4.69) is 25.0 Å². The molecule has 2 amide bonds. The highest BCUT2D eigenvalue weighted by molar-refractivity contribution is 7.90. The number of carboxylic acids is 2. The Morgan fingerprint density at radius 1 is 0.882 bits per heavy atom. The Morgan fingerprint density at radius 3 is 2.07 bits per heavy atom. The molecular weight excluding hydrogens is 996 g/mol. The van der Waals surface area contributed by atoms with Gasteiger partial charge in [-0.2, -0.15) is 36.2 Å². The van der Waals surface area contributed by atoms with Crippen molar-refractivity contribution in [1.29, 1.82) is 0 Å². The lowest BCUT2D eigenvalue weighted by Gasteiger charge is -2.13. The van der Waals surface area contributed by atoms with Gasteiger partial charge in [0.15, 0.2) is 11.6 Å². The van der Waals surface area contributed by atoms with Gasteiger partial charge in [0.2, 0.25) is 23.6 Å². The number of nitrogens with zero attached hydrogens (tertiary/aromatic N) is 6. The lowest BCUT2D eigenvalue weighted by molar-refractivity contribution is -0.141. The topological polar surface area (TPSA) is 286 Å². The number of rotatable bonds is 12. The molecule has 0 aliphatic carbocycles. The number of aromatic nitrogens is 6. The second kappa shape index (κ2) is 22.2. The Labute approximate surface area is 398 Å². The number of sulfonamides is 1. The lowest BCUT2D eigenvalue weighted by Crippen LogP contribution is -2.36. The van der Waals surface area contributed by atoms with Crippen molar-refractivity contribution in [3.05, 3.63) is 104 Å². The zero-order valence-corrected chi connectivity index (χ0v) is 39.4. The molecule has 0 fully saturated rings. The molecule has 28 heteroatoms. The van der Waals surface area contributed by atoms with Crippen molar-refractivity contribution < 1.29 is 69.6 Å². The Kier molecular flexibility index (Phi) is 17.5. The van der Waals surface area contributed by atoms with E-state index in [0.29, 0.717) is 50.8 Å². The van der Waals surface area contributed by atoms with Gasteiger partial charge in [-0.15, -0.1) is 5.10 Å². The third kappa shape index (κ3) is 14.3. The predicted molar refractivity (Wildman–Crippen MR) is 237 cm³/mol. The number of hydrogen-bond acceptors (Lipinski definition) is 16. The van der Waals surface area contributed by atoms with Crippen LogP contribution in [0.3, 0.4) is 0 Å². The predicted octanol–water partition coefficient (Wildman–Crippen LogP) is 7.68.